The van der Waals surface area contributed by atoms with Gasteiger partial charge in [0, 0.05) is 0 Å². The number of hydrogen-bond acceptors (Lipinski definition) is 7. The summed E-state index contributed by atoms with van der Waals surface area (Å²) in [5.41, 5.74) is -1.23. The van der Waals surface area contributed by atoms with Crippen LogP contribution in [0.25, 0.3) is 0 Å². The second kappa shape index (κ2) is 7.90. The van der Waals surface area contributed by atoms with Crippen LogP contribution >= 0.6 is 0 Å². The SMILES string of the molecule is COc1ncc(OCCC(=O)OOC(=O)C(F)(F)F)cc1C(F)(F)F. The van der Waals surface area contributed by atoms with E-state index in [4.69, 9.17) is 4.74 Å². The maximum Gasteiger partial charge on any atom is 0.495 e. The number of nitrogens with zero attached hydrogens (tertiary/aromatic N) is 1. The van der Waals surface area contributed by atoms with E-state index in [1.807, 2.05) is 0 Å². The number of halogens is 6. The van der Waals surface area contributed by atoms with Gasteiger partial charge in [0.15, 0.2) is 0 Å². The largest absolute Gasteiger partial charge is 0.495 e. The zero-order valence-corrected chi connectivity index (χ0v) is 12.2. The van der Waals surface area contributed by atoms with Crippen molar-refractivity contribution >= 4 is 11.9 Å². The zero-order valence-electron chi connectivity index (χ0n) is 12.2. The summed E-state index contributed by atoms with van der Waals surface area (Å²) in [7, 11) is 0.982. The average Bonchev–Trinajstić information content (AvgIpc) is 2.50. The first-order valence-corrected chi connectivity index (χ1v) is 6.17. The van der Waals surface area contributed by atoms with Gasteiger partial charge in [-0.05, 0) is 6.07 Å². The highest BCUT2D eigenvalue weighted by Gasteiger charge is 2.43. The van der Waals surface area contributed by atoms with E-state index in [9.17, 15) is 35.9 Å². The first-order chi connectivity index (χ1) is 11.4. The van der Waals surface area contributed by atoms with Crippen LogP contribution in [0.3, 0.4) is 0 Å². The molecule has 1 rings (SSSR count). The van der Waals surface area contributed by atoms with Crippen molar-refractivity contribution in [1.82, 2.24) is 4.98 Å². The molecule has 0 saturated carbocycles. The zero-order chi connectivity index (χ0) is 19.3. The summed E-state index contributed by atoms with van der Waals surface area (Å²) in [6.07, 6.45) is -9.95. The first kappa shape index (κ1) is 20.3. The number of alkyl halides is 6. The fourth-order valence-electron chi connectivity index (χ4n) is 1.30. The molecule has 0 aliphatic rings. The van der Waals surface area contributed by atoms with Crippen molar-refractivity contribution in [3.63, 3.8) is 0 Å². The molecule has 0 N–H and O–H groups in total. The molecule has 1 aromatic heterocycles. The summed E-state index contributed by atoms with van der Waals surface area (Å²) in [5.74, 6) is -5.22. The molecule has 0 radical (unpaired) electrons. The number of hydrogen-bond donors (Lipinski definition) is 0. The van der Waals surface area contributed by atoms with Crippen LogP contribution in [-0.2, 0) is 25.5 Å². The van der Waals surface area contributed by atoms with E-state index in [-0.39, 0.29) is 5.75 Å². The van der Waals surface area contributed by atoms with Crippen LogP contribution in [0.5, 0.6) is 11.6 Å². The summed E-state index contributed by atoms with van der Waals surface area (Å²) in [6, 6.07) is 0.556. The van der Waals surface area contributed by atoms with Gasteiger partial charge in [-0.1, -0.05) is 0 Å². The van der Waals surface area contributed by atoms with Crippen LogP contribution in [-0.4, -0.2) is 36.8 Å². The molecule has 0 fully saturated rings. The average molecular weight is 377 g/mol. The van der Waals surface area contributed by atoms with Gasteiger partial charge in [0.1, 0.15) is 11.3 Å². The minimum Gasteiger partial charge on any atom is -0.491 e. The molecule has 0 unspecified atom stereocenters. The van der Waals surface area contributed by atoms with Gasteiger partial charge in [-0.3, -0.25) is 0 Å². The van der Waals surface area contributed by atoms with Gasteiger partial charge in [-0.25, -0.2) is 24.3 Å². The summed E-state index contributed by atoms with van der Waals surface area (Å²) < 4.78 is 82.8. The monoisotopic (exact) mass is 377 g/mol. The van der Waals surface area contributed by atoms with Crippen molar-refractivity contribution in [2.45, 2.75) is 18.8 Å². The van der Waals surface area contributed by atoms with Gasteiger partial charge in [-0.15, -0.1) is 0 Å². The van der Waals surface area contributed by atoms with Crippen molar-refractivity contribution < 1.29 is 55.2 Å². The number of aromatic nitrogens is 1. The van der Waals surface area contributed by atoms with E-state index >= 15 is 0 Å². The van der Waals surface area contributed by atoms with Gasteiger partial charge >= 0.3 is 24.3 Å². The number of carbonyl (C=O) groups excluding carboxylic acids is 2. The van der Waals surface area contributed by atoms with Gasteiger partial charge in [0.25, 0.3) is 0 Å². The molecule has 0 amide bonds. The highest BCUT2D eigenvalue weighted by atomic mass is 19.4. The van der Waals surface area contributed by atoms with Crippen molar-refractivity contribution in [2.75, 3.05) is 13.7 Å². The lowest BCUT2D eigenvalue weighted by Crippen LogP contribution is -2.26. The number of pyridine rings is 1. The van der Waals surface area contributed by atoms with Crippen LogP contribution < -0.4 is 9.47 Å². The quantitative estimate of drug-likeness (QED) is 0.443. The van der Waals surface area contributed by atoms with E-state index < -0.39 is 48.8 Å². The molecule has 0 bridgehead atoms. The van der Waals surface area contributed by atoms with Gasteiger partial charge in [0.05, 0.1) is 26.3 Å². The molecular formula is C12H9F6NO6. The summed E-state index contributed by atoms with van der Waals surface area (Å²) in [4.78, 5) is 31.5. The molecule has 1 heterocycles. The predicted molar refractivity (Wildman–Crippen MR) is 64.1 cm³/mol. The molecule has 1 aromatic rings. The number of methoxy groups -OCH3 is 1. The highest BCUT2D eigenvalue weighted by molar-refractivity contribution is 5.76. The normalized spacial score (nSPS) is 11.6. The van der Waals surface area contributed by atoms with E-state index in [1.165, 1.54) is 0 Å². The van der Waals surface area contributed by atoms with Crippen molar-refractivity contribution in [3.05, 3.63) is 17.8 Å². The molecule has 140 valence electrons. The second-order valence-electron chi connectivity index (χ2n) is 4.15. The molecule has 25 heavy (non-hydrogen) atoms. The van der Waals surface area contributed by atoms with Gasteiger partial charge < -0.3 is 9.47 Å². The molecule has 0 aliphatic carbocycles. The van der Waals surface area contributed by atoms with Crippen LogP contribution in [0.15, 0.2) is 12.3 Å². The smallest absolute Gasteiger partial charge is 0.491 e. The molecule has 0 aromatic carbocycles. The Bertz CT molecular complexity index is 630. The molecule has 0 spiro atoms. The molecular weight excluding hydrogens is 368 g/mol. The Morgan fingerprint density at radius 1 is 1.12 bits per heavy atom. The Morgan fingerprint density at radius 2 is 1.76 bits per heavy atom. The van der Waals surface area contributed by atoms with E-state index in [1.54, 1.807) is 0 Å². The predicted octanol–water partition coefficient (Wildman–Crippen LogP) is 2.44. The Hall–Kier alpha value is -2.73. The Kier molecular flexibility index (Phi) is 6.42. The lowest BCUT2D eigenvalue weighted by Gasteiger charge is -2.12. The standard InChI is InChI=1S/C12H9F6NO6/c1-22-9-7(11(13,14)15)4-6(5-19-9)23-3-2-8(20)24-25-10(21)12(16,17)18/h4-5H,2-3H2,1H3. The van der Waals surface area contributed by atoms with Gasteiger partial charge in [0.2, 0.25) is 5.88 Å². The van der Waals surface area contributed by atoms with Crippen LogP contribution in [0.4, 0.5) is 26.3 Å². The highest BCUT2D eigenvalue weighted by Crippen LogP contribution is 2.36. The number of carbonyl (C=O) groups is 2. The van der Waals surface area contributed by atoms with E-state index in [2.05, 4.69) is 19.5 Å². The number of ether oxygens (including phenoxy) is 2. The van der Waals surface area contributed by atoms with Crippen molar-refractivity contribution in [3.8, 4) is 11.6 Å². The van der Waals surface area contributed by atoms with Crippen LogP contribution in [0.2, 0.25) is 0 Å². The Balaban J connectivity index is 2.54. The van der Waals surface area contributed by atoms with Crippen molar-refractivity contribution in [2.24, 2.45) is 0 Å². The van der Waals surface area contributed by atoms with E-state index in [0.29, 0.717) is 6.07 Å². The fourth-order valence-corrected chi connectivity index (χ4v) is 1.30. The minimum atomic E-state index is -5.35. The van der Waals surface area contributed by atoms with Gasteiger partial charge in [-0.2, -0.15) is 26.3 Å². The fraction of sp³-hybridized carbons (Fsp3) is 0.417. The third kappa shape index (κ3) is 6.35. The second-order valence-corrected chi connectivity index (χ2v) is 4.15. The third-order valence-electron chi connectivity index (χ3n) is 2.34. The molecule has 0 aliphatic heterocycles. The van der Waals surface area contributed by atoms with Crippen molar-refractivity contribution in [1.29, 1.82) is 0 Å². The summed E-state index contributed by atoms with van der Waals surface area (Å²) >= 11 is 0. The van der Waals surface area contributed by atoms with Crippen LogP contribution in [0.1, 0.15) is 12.0 Å². The topological polar surface area (TPSA) is 84.0 Å². The summed E-state index contributed by atoms with van der Waals surface area (Å²) in [5, 5.41) is 0. The number of rotatable bonds is 5. The molecule has 0 atom stereocenters. The minimum absolute atomic E-state index is 0.381. The molecule has 0 saturated heterocycles. The lowest BCUT2D eigenvalue weighted by molar-refractivity contribution is -0.286. The third-order valence-corrected chi connectivity index (χ3v) is 2.34. The summed E-state index contributed by atoms with van der Waals surface area (Å²) in [6.45, 7) is -0.576. The maximum absolute atomic E-state index is 12.7. The van der Waals surface area contributed by atoms with Crippen LogP contribution in [0, 0.1) is 0 Å². The molecule has 13 heteroatoms. The lowest BCUT2D eigenvalue weighted by atomic mass is 10.2. The Labute approximate surface area is 135 Å². The maximum atomic E-state index is 12.7. The Morgan fingerprint density at radius 3 is 2.28 bits per heavy atom. The van der Waals surface area contributed by atoms with E-state index in [0.717, 1.165) is 13.3 Å². The molecule has 7 nitrogen and oxygen atoms in total. The first-order valence-electron chi connectivity index (χ1n) is 6.17.